The van der Waals surface area contributed by atoms with Crippen molar-refractivity contribution in [3.63, 3.8) is 0 Å². The van der Waals surface area contributed by atoms with Crippen LogP contribution in [0.1, 0.15) is 40.2 Å². The highest BCUT2D eigenvalue weighted by atomic mass is 32.2. The molecule has 4 rings (SSSR count). The van der Waals surface area contributed by atoms with Crippen molar-refractivity contribution in [2.45, 2.75) is 55.4 Å². The van der Waals surface area contributed by atoms with E-state index in [1.165, 1.54) is 34.9 Å². The summed E-state index contributed by atoms with van der Waals surface area (Å²) in [5.41, 5.74) is 1.11. The van der Waals surface area contributed by atoms with Gasteiger partial charge >= 0.3 is 0 Å². The zero-order chi connectivity index (χ0) is 27.7. The number of anilines is 2. The predicted molar refractivity (Wildman–Crippen MR) is 151 cm³/mol. The third kappa shape index (κ3) is 6.24. The van der Waals surface area contributed by atoms with Crippen LogP contribution in [0.5, 0.6) is 11.5 Å². The second-order valence-corrected chi connectivity index (χ2v) is 14.4. The number of nitrogens with zero attached hydrogens (tertiary/aromatic N) is 3. The van der Waals surface area contributed by atoms with Gasteiger partial charge in [-0.3, -0.25) is 14.4 Å². The number of hydrogen-bond donors (Lipinski definition) is 1. The van der Waals surface area contributed by atoms with Crippen LogP contribution in [0.3, 0.4) is 0 Å². The number of ether oxygens (including phenoxy) is 2. The van der Waals surface area contributed by atoms with Crippen LogP contribution in [0.2, 0.25) is 0 Å². The Morgan fingerprint density at radius 3 is 2.55 bits per heavy atom. The van der Waals surface area contributed by atoms with Crippen molar-refractivity contribution >= 4 is 49.8 Å². The molecule has 0 saturated carbocycles. The van der Waals surface area contributed by atoms with Crippen molar-refractivity contribution < 1.29 is 22.7 Å². The summed E-state index contributed by atoms with van der Waals surface area (Å²) in [6.07, 6.45) is -1.09. The van der Waals surface area contributed by atoms with Crippen LogP contribution in [0.15, 0.2) is 51.7 Å². The van der Waals surface area contributed by atoms with Gasteiger partial charge in [-0.2, -0.15) is 0 Å². The number of thioether (sulfide) groups is 1. The Labute approximate surface area is 232 Å². The molecule has 12 heteroatoms. The van der Waals surface area contributed by atoms with Crippen LogP contribution in [0.25, 0.3) is 0 Å². The van der Waals surface area contributed by atoms with Gasteiger partial charge in [-0.1, -0.05) is 63.8 Å². The topological polar surface area (TPSA) is 111 Å². The van der Waals surface area contributed by atoms with E-state index in [-0.39, 0.29) is 16.9 Å². The van der Waals surface area contributed by atoms with E-state index in [0.29, 0.717) is 28.2 Å². The molecule has 38 heavy (non-hydrogen) atoms. The fourth-order valence-corrected chi connectivity index (χ4v) is 6.90. The first-order valence-corrected chi connectivity index (χ1v) is 15.4. The standard InChI is InChI=1S/C26H32N4O5S3/c1-16(2)15-36-25-29-28-24(37-25)27-23(31)22-14-30(38(32,33)19-10-8-18(34-6)9-11-19)20-13-17(26(3,4)5)7-12-21(20)35-22/h7-13,16,22H,14-15H2,1-6H3,(H,27,28,31). The molecule has 0 aliphatic carbocycles. The molecule has 0 spiro atoms. The van der Waals surface area contributed by atoms with E-state index in [1.54, 1.807) is 30.0 Å². The second kappa shape index (κ2) is 11.1. The lowest BCUT2D eigenvalue weighted by Crippen LogP contribution is -2.49. The molecule has 0 radical (unpaired) electrons. The summed E-state index contributed by atoms with van der Waals surface area (Å²) < 4.78 is 40.9. The number of hydrogen-bond acceptors (Lipinski definition) is 9. The fraction of sp³-hybridized carbons (Fsp3) is 0.423. The van der Waals surface area contributed by atoms with Gasteiger partial charge in [0.2, 0.25) is 5.13 Å². The molecular formula is C26H32N4O5S3. The maximum Gasteiger partial charge on any atom is 0.269 e. The zero-order valence-electron chi connectivity index (χ0n) is 22.2. The SMILES string of the molecule is COc1ccc(S(=O)(=O)N2CC(C(=O)Nc3nnc(SCC(C)C)s3)Oc3ccc(C(C)(C)C)cc32)cc1. The summed E-state index contributed by atoms with van der Waals surface area (Å²) in [6, 6.07) is 11.6. The van der Waals surface area contributed by atoms with E-state index in [1.807, 2.05) is 32.9 Å². The third-order valence-corrected chi connectivity index (χ3v) is 10.0. The number of aromatic nitrogens is 2. The fourth-order valence-electron chi connectivity index (χ4n) is 3.70. The number of amides is 1. The van der Waals surface area contributed by atoms with E-state index in [4.69, 9.17) is 9.47 Å². The Hall–Kier alpha value is -2.83. The maximum atomic E-state index is 13.8. The number of carbonyl (C=O) groups is 1. The van der Waals surface area contributed by atoms with Gasteiger partial charge in [-0.15, -0.1) is 10.2 Å². The minimum absolute atomic E-state index is 0.0856. The number of sulfonamides is 1. The minimum Gasteiger partial charge on any atom is -0.497 e. The third-order valence-electron chi connectivity index (χ3n) is 5.81. The molecule has 0 fully saturated rings. The smallest absolute Gasteiger partial charge is 0.269 e. The largest absolute Gasteiger partial charge is 0.497 e. The van der Waals surface area contributed by atoms with Crippen molar-refractivity contribution in [1.82, 2.24) is 10.2 Å². The van der Waals surface area contributed by atoms with Crippen molar-refractivity contribution in [1.29, 1.82) is 0 Å². The minimum atomic E-state index is -4.02. The van der Waals surface area contributed by atoms with Gasteiger partial charge < -0.3 is 9.47 Å². The molecule has 0 saturated heterocycles. The van der Waals surface area contributed by atoms with Crippen molar-refractivity contribution in [3.8, 4) is 11.5 Å². The highest BCUT2D eigenvalue weighted by Gasteiger charge is 2.38. The number of nitrogens with one attached hydrogen (secondary N) is 1. The molecule has 1 aliphatic rings. The predicted octanol–water partition coefficient (Wildman–Crippen LogP) is 5.19. The molecule has 1 atom stereocenters. The molecule has 1 aliphatic heterocycles. The number of carbonyl (C=O) groups excluding carboxylic acids is 1. The number of rotatable bonds is 8. The molecule has 204 valence electrons. The Morgan fingerprint density at radius 1 is 1.21 bits per heavy atom. The Kier molecular flexibility index (Phi) is 8.24. The molecule has 3 aromatic rings. The van der Waals surface area contributed by atoms with Crippen LogP contribution >= 0.6 is 23.1 Å². The van der Waals surface area contributed by atoms with Crippen molar-refractivity contribution in [2.75, 3.05) is 29.0 Å². The van der Waals surface area contributed by atoms with Gasteiger partial charge in [0.1, 0.15) is 11.5 Å². The van der Waals surface area contributed by atoms with E-state index >= 15 is 0 Å². The second-order valence-electron chi connectivity index (χ2n) is 10.3. The molecule has 2 heterocycles. The molecule has 2 aromatic carbocycles. The van der Waals surface area contributed by atoms with Crippen LogP contribution < -0.4 is 19.1 Å². The number of methoxy groups -OCH3 is 1. The normalized spacial score (nSPS) is 15.7. The molecular weight excluding hydrogens is 545 g/mol. The average Bonchev–Trinajstić information content (AvgIpc) is 3.33. The highest BCUT2D eigenvalue weighted by Crippen LogP contribution is 2.40. The maximum absolute atomic E-state index is 13.8. The summed E-state index contributed by atoms with van der Waals surface area (Å²) in [4.78, 5) is 13.3. The summed E-state index contributed by atoms with van der Waals surface area (Å²) in [6.45, 7) is 10.2. The quantitative estimate of drug-likeness (QED) is 0.288. The molecule has 1 aromatic heterocycles. The van der Waals surface area contributed by atoms with Crippen LogP contribution in [-0.2, 0) is 20.2 Å². The van der Waals surface area contributed by atoms with Gasteiger partial charge in [0.25, 0.3) is 15.9 Å². The van der Waals surface area contributed by atoms with Crippen molar-refractivity contribution in [2.24, 2.45) is 5.92 Å². The van der Waals surface area contributed by atoms with Crippen molar-refractivity contribution in [3.05, 3.63) is 48.0 Å². The first-order chi connectivity index (χ1) is 17.9. The Bertz CT molecular complexity index is 1400. The Morgan fingerprint density at radius 2 is 1.92 bits per heavy atom. The molecule has 0 bridgehead atoms. The zero-order valence-corrected chi connectivity index (χ0v) is 24.7. The summed E-state index contributed by atoms with van der Waals surface area (Å²) in [7, 11) is -2.51. The molecule has 1 N–H and O–H groups in total. The molecule has 1 unspecified atom stereocenters. The summed E-state index contributed by atoms with van der Waals surface area (Å²) in [5.74, 6) is 1.74. The average molecular weight is 577 g/mol. The first kappa shape index (κ1) is 28.2. The van der Waals surface area contributed by atoms with Gasteiger partial charge in [-0.05, 0) is 53.3 Å². The van der Waals surface area contributed by atoms with Gasteiger partial charge in [0.05, 0.1) is 24.2 Å². The monoisotopic (exact) mass is 576 g/mol. The Balaban J connectivity index is 1.65. The van der Waals surface area contributed by atoms with Gasteiger partial charge in [0, 0.05) is 5.75 Å². The van der Waals surface area contributed by atoms with E-state index in [2.05, 4.69) is 29.4 Å². The lowest BCUT2D eigenvalue weighted by atomic mass is 9.86. The number of fused-ring (bicyclic) bond motifs is 1. The van der Waals surface area contributed by atoms with Gasteiger partial charge in [0.15, 0.2) is 10.4 Å². The number of benzene rings is 2. The van der Waals surface area contributed by atoms with Crippen LogP contribution in [0, 0.1) is 5.92 Å². The highest BCUT2D eigenvalue weighted by molar-refractivity contribution is 8.01. The lowest BCUT2D eigenvalue weighted by Gasteiger charge is -2.35. The first-order valence-electron chi connectivity index (χ1n) is 12.1. The van der Waals surface area contributed by atoms with Crippen LogP contribution in [0.4, 0.5) is 10.8 Å². The summed E-state index contributed by atoms with van der Waals surface area (Å²) in [5, 5.41) is 11.3. The summed E-state index contributed by atoms with van der Waals surface area (Å²) >= 11 is 2.85. The lowest BCUT2D eigenvalue weighted by molar-refractivity contribution is -0.122. The van der Waals surface area contributed by atoms with E-state index < -0.39 is 22.0 Å². The van der Waals surface area contributed by atoms with E-state index in [0.717, 1.165) is 15.7 Å². The van der Waals surface area contributed by atoms with Gasteiger partial charge in [-0.25, -0.2) is 8.42 Å². The molecule has 1 amide bonds. The molecule has 9 nitrogen and oxygen atoms in total. The van der Waals surface area contributed by atoms with Crippen LogP contribution in [-0.4, -0.2) is 50.0 Å². The van der Waals surface area contributed by atoms with E-state index in [9.17, 15) is 13.2 Å².